The van der Waals surface area contributed by atoms with E-state index in [1.807, 2.05) is 0 Å². The zero-order chi connectivity index (χ0) is 11.6. The highest BCUT2D eigenvalue weighted by molar-refractivity contribution is 9.10. The lowest BCUT2D eigenvalue weighted by Gasteiger charge is -2.15. The molecular formula is C9H10BrF2NO2. The molecule has 0 radical (unpaired) electrons. The average molecular weight is 282 g/mol. The van der Waals surface area contributed by atoms with Gasteiger partial charge in [-0.3, -0.25) is 0 Å². The van der Waals surface area contributed by atoms with Crippen molar-refractivity contribution in [2.75, 3.05) is 7.11 Å². The number of hydrogen-bond donors (Lipinski definition) is 2. The van der Waals surface area contributed by atoms with E-state index in [0.717, 1.165) is 0 Å². The van der Waals surface area contributed by atoms with Crippen LogP contribution in [0.25, 0.3) is 0 Å². The van der Waals surface area contributed by atoms with E-state index in [-0.39, 0.29) is 17.1 Å². The van der Waals surface area contributed by atoms with Gasteiger partial charge in [0.1, 0.15) is 0 Å². The number of nitrogens with two attached hydrogens (primary N) is 1. The zero-order valence-corrected chi connectivity index (χ0v) is 9.46. The largest absolute Gasteiger partial charge is 0.504 e. The molecule has 15 heavy (non-hydrogen) atoms. The Morgan fingerprint density at radius 1 is 1.47 bits per heavy atom. The van der Waals surface area contributed by atoms with E-state index >= 15 is 0 Å². The van der Waals surface area contributed by atoms with E-state index in [2.05, 4.69) is 15.9 Å². The Morgan fingerprint density at radius 2 is 2.07 bits per heavy atom. The first-order chi connectivity index (χ1) is 6.97. The minimum Gasteiger partial charge on any atom is -0.504 e. The zero-order valence-electron chi connectivity index (χ0n) is 7.88. The molecule has 0 spiro atoms. The second-order valence-corrected chi connectivity index (χ2v) is 3.82. The maximum absolute atomic E-state index is 12.4. The van der Waals surface area contributed by atoms with Crippen LogP contribution in [0, 0.1) is 0 Å². The van der Waals surface area contributed by atoms with Crippen LogP contribution in [-0.2, 0) is 0 Å². The number of ether oxygens (including phenoxy) is 1. The van der Waals surface area contributed by atoms with Gasteiger partial charge in [-0.25, -0.2) is 8.78 Å². The van der Waals surface area contributed by atoms with Gasteiger partial charge >= 0.3 is 0 Å². The second-order valence-electron chi connectivity index (χ2n) is 2.91. The Kier molecular flexibility index (Phi) is 3.87. The maximum Gasteiger partial charge on any atom is 0.257 e. The molecule has 0 heterocycles. The summed E-state index contributed by atoms with van der Waals surface area (Å²) in [6.45, 7) is 0. The molecule has 1 aromatic carbocycles. The average Bonchev–Trinajstić information content (AvgIpc) is 2.19. The van der Waals surface area contributed by atoms with Crippen molar-refractivity contribution in [2.45, 2.75) is 12.5 Å². The summed E-state index contributed by atoms with van der Waals surface area (Å²) in [5, 5.41) is 9.57. The Bertz CT molecular complexity index is 360. The van der Waals surface area contributed by atoms with Crippen molar-refractivity contribution in [3.8, 4) is 11.5 Å². The Labute approximate surface area is 94.0 Å². The molecule has 0 bridgehead atoms. The molecule has 0 aliphatic rings. The van der Waals surface area contributed by atoms with Crippen LogP contribution in [0.15, 0.2) is 16.6 Å². The summed E-state index contributed by atoms with van der Waals surface area (Å²) in [5.41, 5.74) is 5.20. The molecule has 0 aliphatic heterocycles. The van der Waals surface area contributed by atoms with Gasteiger partial charge in [0.25, 0.3) is 6.43 Å². The molecule has 1 rings (SSSR count). The van der Waals surface area contributed by atoms with Gasteiger partial charge in [0, 0.05) is 10.0 Å². The summed E-state index contributed by atoms with van der Waals surface area (Å²) in [6, 6.07) is 1.28. The van der Waals surface area contributed by atoms with Gasteiger partial charge in [-0.1, -0.05) is 15.9 Å². The molecule has 0 fully saturated rings. The van der Waals surface area contributed by atoms with E-state index in [1.54, 1.807) is 0 Å². The molecule has 84 valence electrons. The molecule has 0 amide bonds. The molecule has 3 nitrogen and oxygen atoms in total. The number of aromatic hydroxyl groups is 1. The van der Waals surface area contributed by atoms with Crippen LogP contribution < -0.4 is 10.5 Å². The molecule has 1 atom stereocenters. The van der Waals surface area contributed by atoms with Gasteiger partial charge in [0.15, 0.2) is 11.5 Å². The first-order valence-corrected chi connectivity index (χ1v) is 4.86. The van der Waals surface area contributed by atoms with Crippen LogP contribution in [0.3, 0.4) is 0 Å². The number of halogens is 3. The van der Waals surface area contributed by atoms with Gasteiger partial charge in [-0.05, 0) is 12.1 Å². The van der Waals surface area contributed by atoms with Gasteiger partial charge in [0.05, 0.1) is 13.2 Å². The number of methoxy groups -OCH3 is 1. The lowest BCUT2D eigenvalue weighted by Crippen LogP contribution is -2.19. The third kappa shape index (κ3) is 2.57. The van der Waals surface area contributed by atoms with Crippen molar-refractivity contribution in [1.29, 1.82) is 0 Å². The molecule has 1 aromatic rings. The van der Waals surface area contributed by atoms with Crippen LogP contribution in [0.1, 0.15) is 11.6 Å². The van der Waals surface area contributed by atoms with Gasteiger partial charge in [-0.15, -0.1) is 0 Å². The third-order valence-corrected chi connectivity index (χ3v) is 2.38. The first-order valence-electron chi connectivity index (χ1n) is 4.07. The SMILES string of the molecule is COc1cc(Br)cc(C(N)C(F)F)c1O. The van der Waals surface area contributed by atoms with Crippen molar-refractivity contribution in [2.24, 2.45) is 5.73 Å². The molecule has 0 aromatic heterocycles. The molecular weight excluding hydrogens is 272 g/mol. The van der Waals surface area contributed by atoms with Crippen molar-refractivity contribution in [3.05, 3.63) is 22.2 Å². The molecule has 0 saturated carbocycles. The maximum atomic E-state index is 12.4. The topological polar surface area (TPSA) is 55.5 Å². The third-order valence-electron chi connectivity index (χ3n) is 1.92. The predicted molar refractivity (Wildman–Crippen MR) is 55.3 cm³/mol. The van der Waals surface area contributed by atoms with E-state index in [4.69, 9.17) is 10.5 Å². The number of rotatable bonds is 3. The van der Waals surface area contributed by atoms with E-state index in [9.17, 15) is 13.9 Å². The normalized spacial score (nSPS) is 12.9. The van der Waals surface area contributed by atoms with E-state index in [0.29, 0.717) is 4.47 Å². The summed E-state index contributed by atoms with van der Waals surface area (Å²) in [7, 11) is 1.33. The highest BCUT2D eigenvalue weighted by Gasteiger charge is 2.23. The van der Waals surface area contributed by atoms with E-state index < -0.39 is 12.5 Å². The van der Waals surface area contributed by atoms with Crippen LogP contribution in [0.2, 0.25) is 0 Å². The smallest absolute Gasteiger partial charge is 0.257 e. The number of hydrogen-bond acceptors (Lipinski definition) is 3. The molecule has 1 unspecified atom stereocenters. The van der Waals surface area contributed by atoms with Crippen molar-refractivity contribution in [3.63, 3.8) is 0 Å². The fourth-order valence-electron chi connectivity index (χ4n) is 1.14. The summed E-state index contributed by atoms with van der Waals surface area (Å²) in [5.74, 6) is -0.246. The summed E-state index contributed by atoms with van der Waals surface area (Å²) < 4.78 is 30.1. The van der Waals surface area contributed by atoms with Gasteiger partial charge in [-0.2, -0.15) is 0 Å². The summed E-state index contributed by atoms with van der Waals surface area (Å²) >= 11 is 3.11. The number of alkyl halides is 2. The highest BCUT2D eigenvalue weighted by atomic mass is 79.9. The predicted octanol–water partition coefficient (Wildman–Crippen LogP) is 2.43. The molecule has 3 N–H and O–H groups in total. The summed E-state index contributed by atoms with van der Waals surface area (Å²) in [6.07, 6.45) is -2.74. The second kappa shape index (κ2) is 4.76. The van der Waals surface area contributed by atoms with Gasteiger partial charge in [0.2, 0.25) is 0 Å². The number of phenols is 1. The van der Waals surface area contributed by atoms with Crippen molar-refractivity contribution < 1.29 is 18.6 Å². The van der Waals surface area contributed by atoms with Crippen molar-refractivity contribution >= 4 is 15.9 Å². The molecule has 0 saturated heterocycles. The quantitative estimate of drug-likeness (QED) is 0.895. The lowest BCUT2D eigenvalue weighted by molar-refractivity contribution is 0.115. The Balaban J connectivity index is 3.22. The highest BCUT2D eigenvalue weighted by Crippen LogP contribution is 2.37. The van der Waals surface area contributed by atoms with Crippen LogP contribution in [0.4, 0.5) is 8.78 Å². The Hall–Kier alpha value is -0.880. The number of phenolic OH excluding ortho intramolecular Hbond substituents is 1. The van der Waals surface area contributed by atoms with Crippen LogP contribution >= 0.6 is 15.9 Å². The standard InChI is InChI=1S/C9H10BrF2NO2/c1-15-6-3-4(10)2-5(8(6)14)7(13)9(11)12/h2-3,7,9,14H,13H2,1H3. The fraction of sp³-hybridized carbons (Fsp3) is 0.333. The molecule has 6 heteroatoms. The molecule has 0 aliphatic carbocycles. The minimum absolute atomic E-state index is 0.0452. The fourth-order valence-corrected chi connectivity index (χ4v) is 1.59. The van der Waals surface area contributed by atoms with Crippen molar-refractivity contribution in [1.82, 2.24) is 0 Å². The van der Waals surface area contributed by atoms with Gasteiger partial charge < -0.3 is 15.6 Å². The van der Waals surface area contributed by atoms with Crippen LogP contribution in [-0.4, -0.2) is 18.6 Å². The van der Waals surface area contributed by atoms with Crippen LogP contribution in [0.5, 0.6) is 11.5 Å². The first kappa shape index (κ1) is 12.2. The van der Waals surface area contributed by atoms with E-state index in [1.165, 1.54) is 19.2 Å². The monoisotopic (exact) mass is 281 g/mol. The number of benzene rings is 1. The Morgan fingerprint density at radius 3 is 2.53 bits per heavy atom. The summed E-state index contributed by atoms with van der Waals surface area (Å²) in [4.78, 5) is 0. The lowest BCUT2D eigenvalue weighted by atomic mass is 10.1. The minimum atomic E-state index is -2.74.